The lowest BCUT2D eigenvalue weighted by atomic mass is 10.1. The molecule has 0 aliphatic heterocycles. The van der Waals surface area contributed by atoms with Crippen LogP contribution in [0.3, 0.4) is 0 Å². The highest BCUT2D eigenvalue weighted by molar-refractivity contribution is 7.92. The Morgan fingerprint density at radius 2 is 1.81 bits per heavy atom. The molecule has 0 bridgehead atoms. The molecule has 1 heterocycles. The van der Waals surface area contributed by atoms with Crippen LogP contribution in [-0.2, 0) is 10.0 Å². The van der Waals surface area contributed by atoms with E-state index in [1.54, 1.807) is 48.7 Å². The van der Waals surface area contributed by atoms with E-state index in [1.807, 2.05) is 0 Å². The Hall–Kier alpha value is -3.13. The third-order valence-electron chi connectivity index (χ3n) is 3.67. The van der Waals surface area contributed by atoms with Crippen LogP contribution in [0, 0.1) is 5.82 Å². The van der Waals surface area contributed by atoms with Crippen molar-refractivity contribution in [2.45, 2.75) is 0 Å². The van der Waals surface area contributed by atoms with Gasteiger partial charge in [-0.1, -0.05) is 6.07 Å². The molecule has 0 saturated carbocycles. The van der Waals surface area contributed by atoms with Crippen LogP contribution < -0.4 is 14.8 Å². The number of aromatic nitrogens is 1. The van der Waals surface area contributed by atoms with Crippen molar-refractivity contribution in [1.29, 1.82) is 0 Å². The molecule has 3 rings (SSSR count). The van der Waals surface area contributed by atoms with E-state index in [0.717, 1.165) is 17.4 Å². The Bertz CT molecular complexity index is 1070. The predicted octanol–water partition coefficient (Wildman–Crippen LogP) is 4.01. The van der Waals surface area contributed by atoms with E-state index < -0.39 is 10.0 Å². The van der Waals surface area contributed by atoms with Crippen molar-refractivity contribution < 1.29 is 17.5 Å². The summed E-state index contributed by atoms with van der Waals surface area (Å²) >= 11 is 0. The number of ether oxygens (including phenoxy) is 1. The van der Waals surface area contributed by atoms with Gasteiger partial charge in [0.1, 0.15) is 17.4 Å². The molecule has 0 saturated heterocycles. The van der Waals surface area contributed by atoms with Crippen LogP contribution in [0.15, 0.2) is 60.8 Å². The molecule has 140 valence electrons. The second-order valence-electron chi connectivity index (χ2n) is 5.85. The second kappa shape index (κ2) is 7.63. The Morgan fingerprint density at radius 1 is 1.04 bits per heavy atom. The Balaban J connectivity index is 1.88. The van der Waals surface area contributed by atoms with Gasteiger partial charge in [-0.3, -0.25) is 4.72 Å². The highest BCUT2D eigenvalue weighted by Crippen LogP contribution is 2.32. The number of hydrogen-bond acceptors (Lipinski definition) is 5. The molecule has 27 heavy (non-hydrogen) atoms. The van der Waals surface area contributed by atoms with Gasteiger partial charge < -0.3 is 10.1 Å². The van der Waals surface area contributed by atoms with Crippen LogP contribution in [0.2, 0.25) is 0 Å². The quantitative estimate of drug-likeness (QED) is 0.668. The van der Waals surface area contributed by atoms with Gasteiger partial charge >= 0.3 is 0 Å². The Kier molecular flexibility index (Phi) is 5.27. The SMILES string of the molecule is COc1cc(F)ccc1-c1ccnc(Nc2cccc(NS(C)(=O)=O)c2)c1. The molecule has 0 aliphatic rings. The zero-order chi connectivity index (χ0) is 19.4. The van der Waals surface area contributed by atoms with Gasteiger partial charge in [0.15, 0.2) is 0 Å². The van der Waals surface area contributed by atoms with Gasteiger partial charge in [0.25, 0.3) is 0 Å². The van der Waals surface area contributed by atoms with E-state index in [-0.39, 0.29) is 5.82 Å². The van der Waals surface area contributed by atoms with E-state index in [1.165, 1.54) is 19.2 Å². The first-order valence-corrected chi connectivity index (χ1v) is 9.88. The summed E-state index contributed by atoms with van der Waals surface area (Å²) in [5.74, 6) is 0.597. The van der Waals surface area contributed by atoms with E-state index in [2.05, 4.69) is 15.0 Å². The summed E-state index contributed by atoms with van der Waals surface area (Å²) < 4.78 is 43.8. The monoisotopic (exact) mass is 387 g/mol. The molecule has 0 atom stereocenters. The minimum absolute atomic E-state index is 0.377. The van der Waals surface area contributed by atoms with Gasteiger partial charge in [0.2, 0.25) is 10.0 Å². The zero-order valence-corrected chi connectivity index (χ0v) is 15.5. The van der Waals surface area contributed by atoms with Crippen molar-refractivity contribution in [2.24, 2.45) is 0 Å². The summed E-state index contributed by atoms with van der Waals surface area (Å²) in [5, 5.41) is 3.13. The van der Waals surface area contributed by atoms with E-state index in [9.17, 15) is 12.8 Å². The lowest BCUT2D eigenvalue weighted by Crippen LogP contribution is -2.09. The molecule has 0 unspecified atom stereocenters. The minimum Gasteiger partial charge on any atom is -0.496 e. The van der Waals surface area contributed by atoms with Crippen molar-refractivity contribution in [3.05, 3.63) is 66.6 Å². The van der Waals surface area contributed by atoms with Crippen LogP contribution in [0.5, 0.6) is 5.75 Å². The number of nitrogens with one attached hydrogen (secondary N) is 2. The largest absolute Gasteiger partial charge is 0.496 e. The number of nitrogens with zero attached hydrogens (tertiary/aromatic N) is 1. The molecule has 0 radical (unpaired) electrons. The van der Waals surface area contributed by atoms with Gasteiger partial charge in [-0.05, 0) is 48.0 Å². The maximum absolute atomic E-state index is 13.4. The number of halogens is 1. The number of methoxy groups -OCH3 is 1. The third-order valence-corrected chi connectivity index (χ3v) is 4.28. The van der Waals surface area contributed by atoms with Crippen molar-refractivity contribution in [3.8, 4) is 16.9 Å². The number of rotatable bonds is 6. The van der Waals surface area contributed by atoms with Gasteiger partial charge in [-0.15, -0.1) is 0 Å². The third kappa shape index (κ3) is 4.95. The maximum Gasteiger partial charge on any atom is 0.229 e. The predicted molar refractivity (Wildman–Crippen MR) is 104 cm³/mol. The summed E-state index contributed by atoms with van der Waals surface area (Å²) in [6.07, 6.45) is 2.72. The maximum atomic E-state index is 13.4. The average molecular weight is 387 g/mol. The Morgan fingerprint density at radius 3 is 2.56 bits per heavy atom. The highest BCUT2D eigenvalue weighted by Gasteiger charge is 2.09. The molecule has 6 nitrogen and oxygen atoms in total. The van der Waals surface area contributed by atoms with E-state index in [4.69, 9.17) is 4.74 Å². The molecule has 0 spiro atoms. The molecule has 8 heteroatoms. The number of benzene rings is 2. The topological polar surface area (TPSA) is 80.3 Å². The smallest absolute Gasteiger partial charge is 0.229 e. The molecule has 0 amide bonds. The first kappa shape index (κ1) is 18.7. The molecule has 3 aromatic rings. The number of hydrogen-bond donors (Lipinski definition) is 2. The minimum atomic E-state index is -3.36. The van der Waals surface area contributed by atoms with Gasteiger partial charge in [0.05, 0.1) is 19.1 Å². The fraction of sp³-hybridized carbons (Fsp3) is 0.105. The standard InChI is InChI=1S/C19H18FN3O3S/c1-26-18-11-14(20)6-7-17(18)13-8-9-21-19(10-13)22-15-4-3-5-16(12-15)23-27(2,24)25/h3-12,23H,1-2H3,(H,21,22). The first-order chi connectivity index (χ1) is 12.8. The van der Waals surface area contributed by atoms with Crippen LogP contribution in [0.1, 0.15) is 0 Å². The Labute approximate surface area is 157 Å². The molecule has 1 aromatic heterocycles. The van der Waals surface area contributed by atoms with E-state index in [0.29, 0.717) is 22.9 Å². The van der Waals surface area contributed by atoms with Gasteiger partial charge in [-0.25, -0.2) is 17.8 Å². The van der Waals surface area contributed by atoms with Gasteiger partial charge in [-0.2, -0.15) is 0 Å². The zero-order valence-electron chi connectivity index (χ0n) is 14.7. The average Bonchev–Trinajstić information content (AvgIpc) is 2.60. The van der Waals surface area contributed by atoms with Crippen LogP contribution >= 0.6 is 0 Å². The summed E-state index contributed by atoms with van der Waals surface area (Å²) in [7, 11) is -1.87. The normalized spacial score (nSPS) is 11.1. The van der Waals surface area contributed by atoms with Crippen molar-refractivity contribution >= 4 is 27.2 Å². The van der Waals surface area contributed by atoms with Gasteiger partial charge in [0, 0.05) is 23.5 Å². The lowest BCUT2D eigenvalue weighted by molar-refractivity contribution is 0.413. The second-order valence-corrected chi connectivity index (χ2v) is 7.60. The van der Waals surface area contributed by atoms with Crippen LogP contribution in [-0.4, -0.2) is 26.8 Å². The van der Waals surface area contributed by atoms with Crippen molar-refractivity contribution in [2.75, 3.05) is 23.4 Å². The molecule has 0 fully saturated rings. The number of pyridine rings is 1. The van der Waals surface area contributed by atoms with Crippen molar-refractivity contribution in [3.63, 3.8) is 0 Å². The fourth-order valence-corrected chi connectivity index (χ4v) is 3.15. The molecular formula is C19H18FN3O3S. The van der Waals surface area contributed by atoms with E-state index >= 15 is 0 Å². The summed E-state index contributed by atoms with van der Waals surface area (Å²) in [4.78, 5) is 4.27. The molecular weight excluding hydrogens is 369 g/mol. The summed E-state index contributed by atoms with van der Waals surface area (Å²) in [6, 6.07) is 14.8. The first-order valence-electron chi connectivity index (χ1n) is 7.99. The molecule has 0 aliphatic carbocycles. The van der Waals surface area contributed by atoms with Crippen molar-refractivity contribution in [1.82, 2.24) is 4.98 Å². The highest BCUT2D eigenvalue weighted by atomic mass is 32.2. The lowest BCUT2D eigenvalue weighted by Gasteiger charge is -2.12. The molecule has 2 N–H and O–H groups in total. The fourth-order valence-electron chi connectivity index (χ4n) is 2.59. The summed E-state index contributed by atoms with van der Waals surface area (Å²) in [5.41, 5.74) is 2.64. The number of anilines is 3. The number of sulfonamides is 1. The summed E-state index contributed by atoms with van der Waals surface area (Å²) in [6.45, 7) is 0. The van der Waals surface area contributed by atoms with Crippen LogP contribution in [0.4, 0.5) is 21.6 Å². The van der Waals surface area contributed by atoms with Crippen LogP contribution in [0.25, 0.3) is 11.1 Å². The molecule has 2 aromatic carbocycles.